The molecule has 25 rings (SSSR count). The van der Waals surface area contributed by atoms with E-state index in [1.807, 2.05) is 0 Å². The van der Waals surface area contributed by atoms with E-state index in [4.69, 9.17) is 17.2 Å². The van der Waals surface area contributed by atoms with Crippen LogP contribution in [0.15, 0.2) is 483 Å². The molecule has 0 saturated carbocycles. The Balaban J connectivity index is 0.588. The van der Waals surface area contributed by atoms with Crippen LogP contribution in [0.2, 0.25) is 0 Å². The second kappa shape index (κ2) is 30.2. The maximum atomic E-state index is 10.3. The van der Waals surface area contributed by atoms with Gasteiger partial charge >= 0.3 is 0 Å². The average Bonchev–Trinajstić information content (AvgIpc) is 1.54. The molecule has 0 spiro atoms. The van der Waals surface area contributed by atoms with E-state index in [2.05, 4.69) is 492 Å². The van der Waals surface area contributed by atoms with Gasteiger partial charge in [0.2, 0.25) is 0 Å². The molecule has 0 unspecified atom stereocenters. The van der Waals surface area contributed by atoms with Crippen LogP contribution in [0.4, 0.5) is 11.4 Å². The third kappa shape index (κ3) is 11.7. The Kier molecular flexibility index (Phi) is 17.6. The first-order valence-electron chi connectivity index (χ1n) is 44.2. The Morgan fingerprint density at radius 1 is 0.233 bits per heavy atom. The van der Waals surface area contributed by atoms with Gasteiger partial charge in [-0.2, -0.15) is 0 Å². The van der Waals surface area contributed by atoms with Crippen LogP contribution < -0.4 is 4.90 Å². The third-order valence-electron chi connectivity index (χ3n) is 27.6. The summed E-state index contributed by atoms with van der Waals surface area (Å²) in [5.41, 5.74) is 38.1. The summed E-state index contributed by atoms with van der Waals surface area (Å²) in [5, 5.41) is 17.4. The summed E-state index contributed by atoms with van der Waals surface area (Å²) in [6, 6.07) is 169. The highest BCUT2D eigenvalue weighted by molar-refractivity contribution is 7.79. The van der Waals surface area contributed by atoms with Gasteiger partial charge in [0.25, 0.3) is 0 Å². The molecule has 1 N–H and O–H groups in total. The molecule has 7 heteroatoms. The van der Waals surface area contributed by atoms with Crippen molar-refractivity contribution in [1.82, 2.24) is 13.7 Å². The molecular weight excluding hydrogens is 1580 g/mol. The average molecular weight is 1660 g/mol. The topological polar surface area (TPSA) is 54.2 Å². The Labute approximate surface area is 753 Å². The lowest BCUT2D eigenvalue weighted by atomic mass is 9.67. The first-order valence-corrected chi connectivity index (χ1v) is 44.6. The van der Waals surface area contributed by atoms with Crippen LogP contribution in [0, 0.1) is 5.41 Å². The van der Waals surface area contributed by atoms with Crippen LogP contribution in [0.5, 0.6) is 0 Å². The van der Waals surface area contributed by atoms with E-state index >= 15 is 0 Å². The van der Waals surface area contributed by atoms with Gasteiger partial charge in [-0.1, -0.05) is 340 Å². The molecule has 3 aliphatic carbocycles. The van der Waals surface area contributed by atoms with Crippen LogP contribution in [0.1, 0.15) is 50.1 Å². The number of hydrogen-bond donors (Lipinski definition) is 2. The molecule has 0 radical (unpaired) electrons. The van der Waals surface area contributed by atoms with Crippen LogP contribution in [-0.2, 0) is 10.8 Å². The van der Waals surface area contributed by atoms with Crippen molar-refractivity contribution >= 4 is 107 Å². The van der Waals surface area contributed by atoms with Crippen molar-refractivity contribution < 1.29 is 0 Å². The highest BCUT2D eigenvalue weighted by atomic mass is 32.1. The van der Waals surface area contributed by atoms with Crippen LogP contribution in [0.3, 0.4) is 0 Å². The van der Waals surface area contributed by atoms with Crippen molar-refractivity contribution in [3.63, 3.8) is 0 Å². The zero-order chi connectivity index (χ0) is 85.4. The summed E-state index contributed by atoms with van der Waals surface area (Å²) < 4.78 is 11.8. The number of nitrogens with zero attached hydrogens (tertiary/aromatic N) is 5. The predicted octanol–water partition coefficient (Wildman–Crippen LogP) is 30.8. The van der Waals surface area contributed by atoms with Gasteiger partial charge < -0.3 is 18.6 Å². The van der Waals surface area contributed by atoms with Crippen LogP contribution >= 0.6 is 12.8 Å². The van der Waals surface area contributed by atoms with Crippen molar-refractivity contribution in [2.24, 2.45) is 4.40 Å². The van der Waals surface area contributed by atoms with E-state index < -0.39 is 10.8 Å². The molecule has 0 fully saturated rings. The highest BCUT2D eigenvalue weighted by Gasteiger charge is 2.48. The summed E-state index contributed by atoms with van der Waals surface area (Å²) in [6.45, 7) is 0. The normalized spacial score (nSPS) is 13.9. The van der Waals surface area contributed by atoms with Crippen molar-refractivity contribution in [2.75, 3.05) is 4.90 Å². The molecule has 3 heterocycles. The summed E-state index contributed by atoms with van der Waals surface area (Å²) in [5.74, 6) is 0. The Bertz CT molecular complexity index is 7760. The molecule has 19 aromatic carbocycles. The number of hydrogen-bond acceptors (Lipinski definition) is 4. The number of aromatic nitrogens is 3. The molecule has 129 heavy (non-hydrogen) atoms. The Morgan fingerprint density at radius 2 is 0.512 bits per heavy atom. The number of thiol groups is 1. The van der Waals surface area contributed by atoms with Crippen molar-refractivity contribution in [2.45, 2.75) is 10.8 Å². The maximum Gasteiger partial charge on any atom is 0.121 e. The minimum atomic E-state index is -0.504. The standard InChI is InChI=1S/C122H80N6S/c123-119-97(71-74-118(120(119)124-129)125(92-61-65-95(66-62-92)126-112-41-21-15-35-102(112)103-36-16-22-42-113(103)126)93-63-67-96(68-64-93)127-114-43-23-17-37-104(114)105-38-18-24-44-115(105)127)83-53-59-94(60-54-83)128-116-72-57-84(79-45-49-81(50-46-79)86-55-69-100-98-33-13-19-39-108(98)121(110(100)77-86,88-25-5-1-6-26-88)89-27-7-2-8-28-89)75-106(116)107-76-85(58-73-117(107)128)80-47-51-82(52-48-80)87-56-70-101-99-34-14-20-40-109(99)122(111(101)78-87,90-29-9-3-10-30-90)91-31-11-4-12-32-91/h1-78,123,129H/b123-119?,124-120-. The molecule has 6 nitrogen and oxygen atoms in total. The van der Waals surface area contributed by atoms with Gasteiger partial charge in [0.1, 0.15) is 5.71 Å². The van der Waals surface area contributed by atoms with E-state index in [0.29, 0.717) is 5.71 Å². The van der Waals surface area contributed by atoms with Crippen LogP contribution in [-0.4, -0.2) is 25.1 Å². The molecule has 0 bridgehead atoms. The lowest BCUT2D eigenvalue weighted by molar-refractivity contribution is 0.769. The van der Waals surface area contributed by atoms with Crippen molar-refractivity contribution in [1.29, 1.82) is 5.41 Å². The largest absolute Gasteiger partial charge is 0.309 e. The van der Waals surface area contributed by atoms with E-state index in [9.17, 15) is 5.41 Å². The second-order valence-corrected chi connectivity index (χ2v) is 34.3. The van der Waals surface area contributed by atoms with Crippen molar-refractivity contribution in [3.05, 3.63) is 529 Å². The maximum absolute atomic E-state index is 10.3. The van der Waals surface area contributed by atoms with Gasteiger partial charge in [-0.15, -0.1) is 0 Å². The number of fused-ring (bicyclic) bond motifs is 15. The van der Waals surface area contributed by atoms with E-state index in [1.54, 1.807) is 0 Å². The lowest BCUT2D eigenvalue weighted by Gasteiger charge is -2.34. The van der Waals surface area contributed by atoms with E-state index in [-0.39, 0.29) is 5.71 Å². The smallest absolute Gasteiger partial charge is 0.121 e. The third-order valence-corrected chi connectivity index (χ3v) is 27.8. The molecule has 3 aromatic heterocycles. The molecule has 3 aliphatic rings. The van der Waals surface area contributed by atoms with Gasteiger partial charge in [0, 0.05) is 66.3 Å². The minimum Gasteiger partial charge on any atom is -0.309 e. The number of para-hydroxylation sites is 4. The van der Waals surface area contributed by atoms with Gasteiger partial charge in [-0.3, -0.25) is 5.41 Å². The molecule has 0 saturated heterocycles. The second-order valence-electron chi connectivity index (χ2n) is 34.1. The van der Waals surface area contributed by atoms with Crippen LogP contribution in [0.25, 0.3) is 155 Å². The van der Waals surface area contributed by atoms with Gasteiger partial charge in [0.15, 0.2) is 0 Å². The fourth-order valence-corrected chi connectivity index (χ4v) is 22.0. The molecule has 0 amide bonds. The zero-order valence-corrected chi connectivity index (χ0v) is 71.1. The van der Waals surface area contributed by atoms with E-state index in [0.717, 1.165) is 123 Å². The van der Waals surface area contributed by atoms with Gasteiger partial charge in [0.05, 0.1) is 55.3 Å². The van der Waals surface area contributed by atoms with Gasteiger partial charge in [-0.05, 0) is 263 Å². The monoisotopic (exact) mass is 1660 g/mol. The van der Waals surface area contributed by atoms with E-state index in [1.165, 1.54) is 99.4 Å². The highest BCUT2D eigenvalue weighted by Crippen LogP contribution is 2.59. The summed E-state index contributed by atoms with van der Waals surface area (Å²) in [6.07, 6.45) is 4.17. The molecule has 0 aliphatic heterocycles. The summed E-state index contributed by atoms with van der Waals surface area (Å²) in [4.78, 5) is 2.21. The molecule has 22 aromatic rings. The van der Waals surface area contributed by atoms with Gasteiger partial charge in [-0.25, -0.2) is 4.40 Å². The lowest BCUT2D eigenvalue weighted by Crippen LogP contribution is -2.30. The number of allylic oxidation sites excluding steroid dienone is 4. The number of benzene rings is 19. The fraction of sp³-hybridized carbons (Fsp3) is 0.0164. The summed E-state index contributed by atoms with van der Waals surface area (Å²) >= 11 is 4.76. The SMILES string of the molecule is N=C1C(c2ccc(-n3c4ccc(-c5ccc(-c6ccc7c(c6)C(c6ccccc6)(c6ccccc6)c6ccccc6-7)cc5)cc4c4cc(-c5ccc(-c6ccc7c(c6)C(c6ccccc6)(c6ccccc6)c6ccccc6-7)cc5)ccc43)cc2)=CC=C(N(c2ccc(-n3c4ccccc4c4ccccc43)cc2)c2ccc(-n3c4ccccc4c4ccccc43)cc2)/C1=N/S. The Hall–Kier alpha value is -16.5. The Morgan fingerprint density at radius 3 is 0.868 bits per heavy atom. The number of anilines is 2. The fourth-order valence-electron chi connectivity index (χ4n) is 21.8. The minimum absolute atomic E-state index is 0.264. The first kappa shape index (κ1) is 75.1. The molecule has 604 valence electrons. The molecule has 0 atom stereocenters. The predicted molar refractivity (Wildman–Crippen MR) is 541 cm³/mol. The number of rotatable bonds is 15. The number of nitrogens with one attached hydrogen (secondary N) is 1. The summed E-state index contributed by atoms with van der Waals surface area (Å²) in [7, 11) is 0. The first-order chi connectivity index (χ1) is 63.8. The zero-order valence-electron chi connectivity index (χ0n) is 70.2. The quantitative estimate of drug-likeness (QED) is 0.0780. The van der Waals surface area contributed by atoms with Crippen molar-refractivity contribution in [3.8, 4) is 83.8 Å². The molecular formula is C122H80N6S.